The summed E-state index contributed by atoms with van der Waals surface area (Å²) in [6, 6.07) is 10.9. The van der Waals surface area contributed by atoms with E-state index in [1.165, 1.54) is 7.11 Å². The number of hydrogen-bond acceptors (Lipinski definition) is 5. The van der Waals surface area contributed by atoms with Crippen molar-refractivity contribution < 1.29 is 23.7 Å². The van der Waals surface area contributed by atoms with Crippen molar-refractivity contribution in [2.24, 2.45) is 0 Å². The standard InChI is InChI=1S/C21H27NO5/c1-5-26-18-10-7-15(13-20(18)27-6-2)11-12-22-21(23)17-9-8-16(24-3)14-19(17)25-4/h7-10,13-14H,5-6,11-12H2,1-4H3,(H,22,23). The van der Waals surface area contributed by atoms with E-state index >= 15 is 0 Å². The van der Waals surface area contributed by atoms with Crippen LogP contribution in [0.1, 0.15) is 29.8 Å². The zero-order chi connectivity index (χ0) is 19.6. The number of amides is 1. The predicted molar refractivity (Wildman–Crippen MR) is 104 cm³/mol. The fourth-order valence-electron chi connectivity index (χ4n) is 2.65. The number of nitrogens with one attached hydrogen (secondary N) is 1. The molecule has 146 valence electrons. The van der Waals surface area contributed by atoms with Gasteiger partial charge in [-0.15, -0.1) is 0 Å². The Morgan fingerprint density at radius 2 is 1.63 bits per heavy atom. The Bertz CT molecular complexity index is 760. The van der Waals surface area contributed by atoms with Gasteiger partial charge in [0.1, 0.15) is 11.5 Å². The summed E-state index contributed by atoms with van der Waals surface area (Å²) in [5.41, 5.74) is 1.53. The Kier molecular flexibility index (Phi) is 7.79. The molecule has 6 heteroatoms. The van der Waals surface area contributed by atoms with Crippen molar-refractivity contribution in [2.75, 3.05) is 34.0 Å². The van der Waals surface area contributed by atoms with Crippen LogP contribution in [0.2, 0.25) is 0 Å². The molecule has 27 heavy (non-hydrogen) atoms. The summed E-state index contributed by atoms with van der Waals surface area (Å²) < 4.78 is 21.6. The van der Waals surface area contributed by atoms with Gasteiger partial charge in [-0.05, 0) is 50.1 Å². The van der Waals surface area contributed by atoms with E-state index in [-0.39, 0.29) is 5.91 Å². The molecule has 0 aliphatic carbocycles. The van der Waals surface area contributed by atoms with E-state index < -0.39 is 0 Å². The lowest BCUT2D eigenvalue weighted by Gasteiger charge is -2.13. The van der Waals surface area contributed by atoms with E-state index in [1.807, 2.05) is 32.0 Å². The maximum absolute atomic E-state index is 12.4. The molecule has 6 nitrogen and oxygen atoms in total. The van der Waals surface area contributed by atoms with E-state index in [9.17, 15) is 4.79 Å². The molecular formula is C21H27NO5. The number of ether oxygens (including phenoxy) is 4. The first-order valence-corrected chi connectivity index (χ1v) is 9.01. The van der Waals surface area contributed by atoms with Gasteiger partial charge in [-0.2, -0.15) is 0 Å². The fourth-order valence-corrected chi connectivity index (χ4v) is 2.65. The summed E-state index contributed by atoms with van der Waals surface area (Å²) in [5, 5.41) is 2.92. The van der Waals surface area contributed by atoms with Crippen molar-refractivity contribution in [2.45, 2.75) is 20.3 Å². The average Bonchev–Trinajstić information content (AvgIpc) is 2.69. The normalized spacial score (nSPS) is 10.2. The molecule has 2 aromatic carbocycles. The highest BCUT2D eigenvalue weighted by Crippen LogP contribution is 2.29. The van der Waals surface area contributed by atoms with Crippen LogP contribution in [0.3, 0.4) is 0 Å². The van der Waals surface area contributed by atoms with E-state index in [2.05, 4.69) is 5.32 Å². The lowest BCUT2D eigenvalue weighted by atomic mass is 10.1. The van der Waals surface area contributed by atoms with Gasteiger partial charge in [0, 0.05) is 12.6 Å². The molecule has 0 aliphatic rings. The van der Waals surface area contributed by atoms with Crippen molar-refractivity contribution in [3.8, 4) is 23.0 Å². The van der Waals surface area contributed by atoms with Gasteiger partial charge in [-0.1, -0.05) is 6.07 Å². The van der Waals surface area contributed by atoms with E-state index in [0.717, 1.165) is 17.1 Å². The first kappa shape index (κ1) is 20.4. The molecule has 0 saturated heterocycles. The number of methoxy groups -OCH3 is 2. The Balaban J connectivity index is 1.99. The van der Waals surface area contributed by atoms with Gasteiger partial charge >= 0.3 is 0 Å². The molecule has 0 saturated carbocycles. The van der Waals surface area contributed by atoms with Gasteiger partial charge in [-0.25, -0.2) is 0 Å². The zero-order valence-electron chi connectivity index (χ0n) is 16.3. The lowest BCUT2D eigenvalue weighted by Crippen LogP contribution is -2.26. The van der Waals surface area contributed by atoms with E-state index in [4.69, 9.17) is 18.9 Å². The van der Waals surface area contributed by atoms with Crippen LogP contribution in [-0.4, -0.2) is 39.9 Å². The molecule has 2 rings (SSSR count). The number of carbonyl (C=O) groups is 1. The maximum atomic E-state index is 12.4. The van der Waals surface area contributed by atoms with Crippen LogP contribution >= 0.6 is 0 Å². The average molecular weight is 373 g/mol. The summed E-state index contributed by atoms with van der Waals surface area (Å²) in [6.07, 6.45) is 0.677. The monoisotopic (exact) mass is 373 g/mol. The van der Waals surface area contributed by atoms with Crippen LogP contribution in [0.25, 0.3) is 0 Å². The van der Waals surface area contributed by atoms with Crippen molar-refractivity contribution in [1.29, 1.82) is 0 Å². The molecule has 0 atom stereocenters. The topological polar surface area (TPSA) is 66.0 Å². The van der Waals surface area contributed by atoms with Crippen molar-refractivity contribution in [3.63, 3.8) is 0 Å². The van der Waals surface area contributed by atoms with Crippen LogP contribution in [0.5, 0.6) is 23.0 Å². The van der Waals surface area contributed by atoms with Gasteiger partial charge in [0.2, 0.25) is 0 Å². The van der Waals surface area contributed by atoms with Crippen molar-refractivity contribution >= 4 is 5.91 Å². The summed E-state index contributed by atoms with van der Waals surface area (Å²) in [7, 11) is 3.10. The maximum Gasteiger partial charge on any atom is 0.255 e. The van der Waals surface area contributed by atoms with Crippen LogP contribution in [-0.2, 0) is 6.42 Å². The van der Waals surface area contributed by atoms with Crippen LogP contribution in [0, 0.1) is 0 Å². The second kappa shape index (κ2) is 10.3. The van der Waals surface area contributed by atoms with Gasteiger partial charge in [0.25, 0.3) is 5.91 Å². The quantitative estimate of drug-likeness (QED) is 0.691. The summed E-state index contributed by atoms with van der Waals surface area (Å²) in [6.45, 7) is 5.52. The lowest BCUT2D eigenvalue weighted by molar-refractivity contribution is 0.0951. The van der Waals surface area contributed by atoms with Gasteiger partial charge in [0.05, 0.1) is 33.0 Å². The van der Waals surface area contributed by atoms with Crippen LogP contribution in [0.15, 0.2) is 36.4 Å². The molecule has 0 aliphatic heterocycles. The number of hydrogen-bond donors (Lipinski definition) is 1. The summed E-state index contributed by atoms with van der Waals surface area (Å²) in [5.74, 6) is 2.38. The third-order valence-corrected chi connectivity index (χ3v) is 3.96. The van der Waals surface area contributed by atoms with Crippen LogP contribution in [0.4, 0.5) is 0 Å². The fraction of sp³-hybridized carbons (Fsp3) is 0.381. The van der Waals surface area contributed by atoms with Gasteiger partial charge in [-0.3, -0.25) is 4.79 Å². The van der Waals surface area contributed by atoms with Gasteiger partial charge in [0.15, 0.2) is 11.5 Å². The molecule has 0 radical (unpaired) electrons. The highest BCUT2D eigenvalue weighted by atomic mass is 16.5. The minimum absolute atomic E-state index is 0.189. The molecular weight excluding hydrogens is 346 g/mol. The molecule has 0 spiro atoms. The van der Waals surface area contributed by atoms with E-state index in [0.29, 0.717) is 43.2 Å². The first-order valence-electron chi connectivity index (χ1n) is 9.01. The van der Waals surface area contributed by atoms with E-state index in [1.54, 1.807) is 25.3 Å². The molecule has 2 aromatic rings. The second-order valence-corrected chi connectivity index (χ2v) is 5.72. The largest absolute Gasteiger partial charge is 0.497 e. The predicted octanol–water partition coefficient (Wildman–Crippen LogP) is 3.47. The van der Waals surface area contributed by atoms with Gasteiger partial charge < -0.3 is 24.3 Å². The molecule has 1 N–H and O–H groups in total. The molecule has 0 fully saturated rings. The number of carbonyl (C=O) groups excluding carboxylic acids is 1. The highest BCUT2D eigenvalue weighted by molar-refractivity contribution is 5.97. The molecule has 0 heterocycles. The molecule has 0 unspecified atom stereocenters. The Morgan fingerprint density at radius 3 is 2.30 bits per heavy atom. The molecule has 0 bridgehead atoms. The second-order valence-electron chi connectivity index (χ2n) is 5.72. The Labute approximate surface area is 160 Å². The number of rotatable bonds is 10. The molecule has 0 aromatic heterocycles. The van der Waals surface area contributed by atoms with Crippen molar-refractivity contribution in [1.82, 2.24) is 5.32 Å². The molecule has 1 amide bonds. The third kappa shape index (κ3) is 5.54. The minimum atomic E-state index is -0.189. The van der Waals surface area contributed by atoms with Crippen molar-refractivity contribution in [3.05, 3.63) is 47.5 Å². The summed E-state index contributed by atoms with van der Waals surface area (Å²) >= 11 is 0. The third-order valence-electron chi connectivity index (χ3n) is 3.96. The SMILES string of the molecule is CCOc1ccc(CCNC(=O)c2ccc(OC)cc2OC)cc1OCC. The van der Waals surface area contributed by atoms with Crippen LogP contribution < -0.4 is 24.3 Å². The highest BCUT2D eigenvalue weighted by Gasteiger charge is 2.13. The smallest absolute Gasteiger partial charge is 0.255 e. The summed E-state index contributed by atoms with van der Waals surface area (Å²) in [4.78, 5) is 12.4. The Hall–Kier alpha value is -2.89. The minimum Gasteiger partial charge on any atom is -0.497 e. The first-order chi connectivity index (χ1) is 13.1. The zero-order valence-corrected chi connectivity index (χ0v) is 16.3. The Morgan fingerprint density at radius 1 is 0.889 bits per heavy atom. The number of benzene rings is 2.